The first-order valence-electron chi connectivity index (χ1n) is 7.09. The number of nitrogens with zero attached hydrogens (tertiary/aromatic N) is 2. The summed E-state index contributed by atoms with van der Waals surface area (Å²) in [6.45, 7) is 3.93. The number of ether oxygens (including phenoxy) is 1. The van der Waals surface area contributed by atoms with Crippen LogP contribution in [0.5, 0.6) is 5.75 Å². The van der Waals surface area contributed by atoms with Crippen LogP contribution in [0.1, 0.15) is 13.8 Å². The van der Waals surface area contributed by atoms with Crippen molar-refractivity contribution in [1.82, 2.24) is 10.1 Å². The van der Waals surface area contributed by atoms with Crippen molar-refractivity contribution in [2.45, 2.75) is 20.0 Å². The summed E-state index contributed by atoms with van der Waals surface area (Å²) in [7, 11) is 0. The van der Waals surface area contributed by atoms with Crippen molar-refractivity contribution in [1.29, 1.82) is 0 Å². The van der Waals surface area contributed by atoms with Crippen molar-refractivity contribution in [2.24, 2.45) is 0 Å². The molecule has 0 spiro atoms. The first-order valence-corrected chi connectivity index (χ1v) is 7.88. The molecule has 0 bridgehead atoms. The van der Waals surface area contributed by atoms with E-state index in [9.17, 15) is 4.39 Å². The van der Waals surface area contributed by atoms with Gasteiger partial charge in [-0.2, -0.15) is 4.98 Å². The summed E-state index contributed by atoms with van der Waals surface area (Å²) in [5.74, 6) is 1.25. The van der Waals surface area contributed by atoms with E-state index in [1.807, 2.05) is 32.0 Å². The van der Waals surface area contributed by atoms with Crippen molar-refractivity contribution in [2.75, 3.05) is 0 Å². The van der Waals surface area contributed by atoms with E-state index in [4.69, 9.17) is 9.26 Å². The quantitative estimate of drug-likeness (QED) is 0.635. The average Bonchev–Trinajstić information content (AvgIpc) is 2.99. The van der Waals surface area contributed by atoms with Crippen molar-refractivity contribution in [3.05, 3.63) is 52.8 Å². The van der Waals surface area contributed by atoms with E-state index in [1.165, 1.54) is 12.1 Å². The number of hydrogen-bond donors (Lipinski definition) is 0. The Kier molecular flexibility index (Phi) is 4.43. The van der Waals surface area contributed by atoms with Gasteiger partial charge in [0.05, 0.1) is 10.6 Å². The molecule has 0 N–H and O–H groups in total. The molecule has 4 nitrogen and oxygen atoms in total. The van der Waals surface area contributed by atoms with Crippen LogP contribution in [-0.4, -0.2) is 16.2 Å². The van der Waals surface area contributed by atoms with Crippen LogP contribution in [-0.2, 0) is 0 Å². The molecular formula is C17H14BrFN2O2. The molecule has 118 valence electrons. The highest BCUT2D eigenvalue weighted by Gasteiger charge is 2.13. The maximum atomic E-state index is 13.0. The Morgan fingerprint density at radius 2 is 1.78 bits per heavy atom. The largest absolute Gasteiger partial charge is 0.490 e. The second-order valence-corrected chi connectivity index (χ2v) is 6.10. The molecule has 0 aliphatic carbocycles. The molecule has 1 heterocycles. The van der Waals surface area contributed by atoms with Gasteiger partial charge < -0.3 is 9.26 Å². The van der Waals surface area contributed by atoms with Gasteiger partial charge in [0.2, 0.25) is 5.82 Å². The zero-order chi connectivity index (χ0) is 16.4. The molecule has 1 aromatic heterocycles. The second-order valence-electron chi connectivity index (χ2n) is 5.24. The first-order chi connectivity index (χ1) is 11.0. The lowest BCUT2D eigenvalue weighted by Gasteiger charge is -2.11. The van der Waals surface area contributed by atoms with E-state index in [0.29, 0.717) is 17.3 Å². The van der Waals surface area contributed by atoms with Crippen molar-refractivity contribution in [3.8, 4) is 28.6 Å². The molecule has 3 rings (SSSR count). The molecule has 2 aromatic carbocycles. The maximum Gasteiger partial charge on any atom is 0.258 e. The molecule has 0 atom stereocenters. The summed E-state index contributed by atoms with van der Waals surface area (Å²) in [5, 5.41) is 3.98. The SMILES string of the molecule is CC(C)Oc1ccc(-c2noc(-c3ccc(F)cc3)n2)cc1Br. The molecule has 6 heteroatoms. The fraction of sp³-hybridized carbons (Fsp3) is 0.176. The Hall–Kier alpha value is -2.21. The number of aromatic nitrogens is 2. The minimum Gasteiger partial charge on any atom is -0.490 e. The van der Waals surface area contributed by atoms with Gasteiger partial charge in [0.15, 0.2) is 0 Å². The smallest absolute Gasteiger partial charge is 0.258 e. The lowest BCUT2D eigenvalue weighted by Crippen LogP contribution is -2.05. The highest BCUT2D eigenvalue weighted by atomic mass is 79.9. The standard InChI is InChI=1S/C17H14BrFN2O2/c1-10(2)22-15-8-5-12(9-14(15)18)16-20-17(23-21-16)11-3-6-13(19)7-4-11/h3-10H,1-2H3. The Morgan fingerprint density at radius 1 is 1.09 bits per heavy atom. The third kappa shape index (κ3) is 3.59. The monoisotopic (exact) mass is 376 g/mol. The molecule has 0 saturated heterocycles. The highest BCUT2D eigenvalue weighted by molar-refractivity contribution is 9.10. The van der Waals surface area contributed by atoms with Gasteiger partial charge in [-0.25, -0.2) is 4.39 Å². The van der Waals surface area contributed by atoms with E-state index in [1.54, 1.807) is 12.1 Å². The van der Waals surface area contributed by atoms with Crippen LogP contribution >= 0.6 is 15.9 Å². The van der Waals surface area contributed by atoms with E-state index < -0.39 is 0 Å². The lowest BCUT2D eigenvalue weighted by atomic mass is 10.2. The van der Waals surface area contributed by atoms with E-state index in [0.717, 1.165) is 15.8 Å². The van der Waals surface area contributed by atoms with Gasteiger partial charge in [-0.05, 0) is 72.2 Å². The molecular weight excluding hydrogens is 363 g/mol. The first kappa shape index (κ1) is 15.7. The summed E-state index contributed by atoms with van der Waals surface area (Å²) in [6.07, 6.45) is 0.0902. The van der Waals surface area contributed by atoms with Crippen molar-refractivity contribution in [3.63, 3.8) is 0 Å². The Balaban J connectivity index is 1.88. The molecule has 0 radical (unpaired) electrons. The summed E-state index contributed by atoms with van der Waals surface area (Å²) < 4.78 is 24.7. The average molecular weight is 377 g/mol. The number of hydrogen-bond acceptors (Lipinski definition) is 4. The Bertz CT molecular complexity index is 816. The van der Waals surface area contributed by atoms with Gasteiger partial charge in [0, 0.05) is 11.1 Å². The van der Waals surface area contributed by atoms with Gasteiger partial charge in [-0.1, -0.05) is 5.16 Å². The van der Waals surface area contributed by atoms with Gasteiger partial charge in [0.1, 0.15) is 11.6 Å². The van der Waals surface area contributed by atoms with Crippen LogP contribution in [0.15, 0.2) is 51.5 Å². The Labute approximate surface area is 141 Å². The number of rotatable bonds is 4. The summed E-state index contributed by atoms with van der Waals surface area (Å²) in [5.41, 5.74) is 1.47. The van der Waals surface area contributed by atoms with Crippen LogP contribution < -0.4 is 4.74 Å². The highest BCUT2D eigenvalue weighted by Crippen LogP contribution is 2.31. The van der Waals surface area contributed by atoms with Gasteiger partial charge >= 0.3 is 0 Å². The van der Waals surface area contributed by atoms with Crippen molar-refractivity contribution < 1.29 is 13.7 Å². The van der Waals surface area contributed by atoms with Crippen LogP contribution in [0, 0.1) is 5.82 Å². The third-order valence-electron chi connectivity index (χ3n) is 3.07. The molecule has 0 fully saturated rings. The third-order valence-corrected chi connectivity index (χ3v) is 3.69. The summed E-state index contributed by atoms with van der Waals surface area (Å²) in [6, 6.07) is 11.5. The van der Waals surface area contributed by atoms with Crippen LogP contribution in [0.25, 0.3) is 22.8 Å². The predicted molar refractivity (Wildman–Crippen MR) is 88.6 cm³/mol. The van der Waals surface area contributed by atoms with Crippen molar-refractivity contribution >= 4 is 15.9 Å². The zero-order valence-corrected chi connectivity index (χ0v) is 14.2. The van der Waals surface area contributed by atoms with E-state index in [-0.39, 0.29) is 11.9 Å². The normalized spacial score (nSPS) is 11.0. The van der Waals surface area contributed by atoms with Crippen LogP contribution in [0.3, 0.4) is 0 Å². The van der Waals surface area contributed by atoms with Gasteiger partial charge in [-0.15, -0.1) is 0 Å². The molecule has 0 amide bonds. The van der Waals surface area contributed by atoms with Gasteiger partial charge in [-0.3, -0.25) is 0 Å². The molecule has 0 aliphatic heterocycles. The number of halogens is 2. The Morgan fingerprint density at radius 3 is 2.43 bits per heavy atom. The fourth-order valence-electron chi connectivity index (χ4n) is 2.04. The predicted octanol–water partition coefficient (Wildman–Crippen LogP) is 5.09. The maximum absolute atomic E-state index is 13.0. The molecule has 0 unspecified atom stereocenters. The topological polar surface area (TPSA) is 48.2 Å². The molecule has 0 aliphatic rings. The summed E-state index contributed by atoms with van der Waals surface area (Å²) >= 11 is 3.48. The van der Waals surface area contributed by atoms with Gasteiger partial charge in [0.25, 0.3) is 5.89 Å². The number of benzene rings is 2. The summed E-state index contributed by atoms with van der Waals surface area (Å²) in [4.78, 5) is 4.35. The second kappa shape index (κ2) is 6.50. The van der Waals surface area contributed by atoms with Crippen LogP contribution in [0.2, 0.25) is 0 Å². The molecule has 0 saturated carbocycles. The van der Waals surface area contributed by atoms with Crippen LogP contribution in [0.4, 0.5) is 4.39 Å². The zero-order valence-electron chi connectivity index (χ0n) is 12.6. The minimum absolute atomic E-state index is 0.0902. The molecule has 3 aromatic rings. The molecule has 23 heavy (non-hydrogen) atoms. The fourth-order valence-corrected chi connectivity index (χ4v) is 2.51. The van der Waals surface area contributed by atoms with E-state index >= 15 is 0 Å². The lowest BCUT2D eigenvalue weighted by molar-refractivity contribution is 0.241. The van der Waals surface area contributed by atoms with E-state index in [2.05, 4.69) is 26.1 Å². The minimum atomic E-state index is -0.307.